The number of anilines is 1. The Kier molecular flexibility index (Phi) is 6.54. The Labute approximate surface area is 183 Å². The molecule has 0 spiro atoms. The maximum atomic E-state index is 13.3. The molecule has 160 valence electrons. The van der Waals surface area contributed by atoms with Crippen LogP contribution in [0.15, 0.2) is 60.0 Å². The lowest BCUT2D eigenvalue weighted by Gasteiger charge is -2.31. The second kappa shape index (κ2) is 9.67. The Bertz CT molecular complexity index is 1010. The van der Waals surface area contributed by atoms with Gasteiger partial charge in [-0.25, -0.2) is 15.0 Å². The number of carbonyl (C=O) groups is 2. The fourth-order valence-corrected chi connectivity index (χ4v) is 3.57. The third-order valence-electron chi connectivity index (χ3n) is 4.92. The Balaban J connectivity index is 1.70. The van der Waals surface area contributed by atoms with E-state index in [1.807, 2.05) is 0 Å². The Morgan fingerprint density at radius 1 is 1.16 bits per heavy atom. The molecule has 1 fully saturated rings. The summed E-state index contributed by atoms with van der Waals surface area (Å²) in [5, 5.41) is 2.96. The lowest BCUT2D eigenvalue weighted by atomic mass is 10.0. The van der Waals surface area contributed by atoms with Gasteiger partial charge in [0.25, 0.3) is 0 Å². The van der Waals surface area contributed by atoms with Crippen molar-refractivity contribution in [2.24, 2.45) is 0 Å². The monoisotopic (exact) mass is 441 g/mol. The van der Waals surface area contributed by atoms with Crippen molar-refractivity contribution >= 4 is 29.1 Å². The molecule has 2 amide bonds. The summed E-state index contributed by atoms with van der Waals surface area (Å²) < 4.78 is 10.7. The van der Waals surface area contributed by atoms with E-state index in [9.17, 15) is 9.59 Å². The first-order valence-corrected chi connectivity index (χ1v) is 10.2. The van der Waals surface area contributed by atoms with Gasteiger partial charge in [-0.05, 0) is 30.7 Å². The normalized spacial score (nSPS) is 16.6. The predicted octanol–water partition coefficient (Wildman–Crippen LogP) is 2.35. The van der Waals surface area contributed by atoms with Crippen molar-refractivity contribution in [3.05, 3.63) is 61.1 Å². The molecule has 1 saturated heterocycles. The van der Waals surface area contributed by atoms with Gasteiger partial charge in [-0.1, -0.05) is 0 Å². The molecule has 3 heterocycles. The molecule has 4 rings (SSSR count). The highest BCUT2D eigenvalue weighted by Crippen LogP contribution is 2.30. The van der Waals surface area contributed by atoms with Gasteiger partial charge in [0.05, 0.1) is 18.8 Å². The van der Waals surface area contributed by atoms with Gasteiger partial charge in [-0.2, -0.15) is 0 Å². The molecule has 0 aliphatic carbocycles. The molecule has 10 heteroatoms. The molecule has 0 saturated carbocycles. The number of nitrogens with zero attached hydrogens (tertiary/aromatic N) is 4. The summed E-state index contributed by atoms with van der Waals surface area (Å²) in [6.45, 7) is 1.01. The van der Waals surface area contributed by atoms with Crippen LogP contribution in [-0.2, 0) is 14.3 Å². The van der Waals surface area contributed by atoms with Crippen LogP contribution in [0.4, 0.5) is 5.69 Å². The van der Waals surface area contributed by atoms with Gasteiger partial charge in [0, 0.05) is 35.8 Å². The molecule has 1 aliphatic rings. The van der Waals surface area contributed by atoms with Crippen LogP contribution in [-0.4, -0.2) is 51.9 Å². The van der Waals surface area contributed by atoms with E-state index in [-0.39, 0.29) is 17.8 Å². The number of benzene rings is 1. The van der Waals surface area contributed by atoms with E-state index in [1.54, 1.807) is 30.5 Å². The smallest absolute Gasteiger partial charge is 0.248 e. The summed E-state index contributed by atoms with van der Waals surface area (Å²) in [4.78, 5) is 39.5. The fraction of sp³-hybridized carbons (Fsp3) is 0.286. The molecule has 2 atom stereocenters. The van der Waals surface area contributed by atoms with E-state index in [2.05, 4.69) is 20.3 Å². The minimum atomic E-state index is -0.996. The third kappa shape index (κ3) is 4.73. The van der Waals surface area contributed by atoms with Crippen LogP contribution in [0.1, 0.15) is 18.0 Å². The van der Waals surface area contributed by atoms with Crippen molar-refractivity contribution in [2.45, 2.75) is 18.5 Å². The van der Waals surface area contributed by atoms with Gasteiger partial charge in [0.1, 0.15) is 18.2 Å². The third-order valence-corrected chi connectivity index (χ3v) is 5.15. The second-order valence-electron chi connectivity index (χ2n) is 6.95. The topological polar surface area (TPSA) is 110 Å². The Hall–Kier alpha value is -3.30. The van der Waals surface area contributed by atoms with Crippen LogP contribution in [0.5, 0.6) is 0 Å². The maximum Gasteiger partial charge on any atom is 0.248 e. The number of oxazole rings is 1. The molecule has 0 bridgehead atoms. The molecule has 2 aromatic heterocycles. The van der Waals surface area contributed by atoms with Crippen LogP contribution < -0.4 is 10.2 Å². The molecule has 3 aromatic rings. The van der Waals surface area contributed by atoms with Gasteiger partial charge in [0.15, 0.2) is 12.2 Å². The lowest BCUT2D eigenvalue weighted by molar-refractivity contribution is -0.126. The number of nitrogens with one attached hydrogen (secondary N) is 1. The first-order chi connectivity index (χ1) is 15.2. The van der Waals surface area contributed by atoms with E-state index in [0.29, 0.717) is 36.6 Å². The number of rotatable bonds is 7. The quantitative estimate of drug-likeness (QED) is 0.560. The number of hydrogen-bond donors (Lipinski definition) is 1. The van der Waals surface area contributed by atoms with E-state index in [1.165, 1.54) is 30.0 Å². The number of amides is 2. The number of alkyl halides is 1. The zero-order valence-corrected chi connectivity index (χ0v) is 17.2. The second-order valence-corrected chi connectivity index (χ2v) is 7.22. The summed E-state index contributed by atoms with van der Waals surface area (Å²) in [6, 6.07) is 5.90. The molecule has 1 aliphatic heterocycles. The summed E-state index contributed by atoms with van der Waals surface area (Å²) in [5.41, 5.74) is 1.75. The number of halogens is 1. The molecule has 31 heavy (non-hydrogen) atoms. The molecule has 1 N–H and O–H groups in total. The van der Waals surface area contributed by atoms with Crippen molar-refractivity contribution in [3.63, 3.8) is 0 Å². The van der Waals surface area contributed by atoms with Gasteiger partial charge in [-0.15, -0.1) is 11.6 Å². The number of hydrogen-bond acceptors (Lipinski definition) is 7. The average molecular weight is 442 g/mol. The molecule has 1 unspecified atom stereocenters. The van der Waals surface area contributed by atoms with Crippen LogP contribution in [0, 0.1) is 0 Å². The average Bonchev–Trinajstić information content (AvgIpc) is 3.52. The zero-order valence-electron chi connectivity index (χ0n) is 16.5. The first kappa shape index (κ1) is 21.0. The van der Waals surface area contributed by atoms with Crippen molar-refractivity contribution in [1.29, 1.82) is 0 Å². The Morgan fingerprint density at radius 3 is 2.55 bits per heavy atom. The van der Waals surface area contributed by atoms with Crippen LogP contribution in [0.2, 0.25) is 0 Å². The van der Waals surface area contributed by atoms with Crippen LogP contribution in [0.25, 0.3) is 11.3 Å². The van der Waals surface area contributed by atoms with Gasteiger partial charge < -0.3 is 14.5 Å². The molecular formula is C21H20ClN5O4. The highest BCUT2D eigenvalue weighted by atomic mass is 35.5. The van der Waals surface area contributed by atoms with E-state index in [0.717, 1.165) is 5.56 Å². The van der Waals surface area contributed by atoms with E-state index in [4.69, 9.17) is 20.8 Å². The van der Waals surface area contributed by atoms with Crippen molar-refractivity contribution < 1.29 is 18.7 Å². The summed E-state index contributed by atoms with van der Waals surface area (Å²) in [7, 11) is 0. The zero-order chi connectivity index (χ0) is 21.6. The fourth-order valence-electron chi connectivity index (χ4n) is 3.44. The molecule has 9 nitrogen and oxygen atoms in total. The minimum absolute atomic E-state index is 0.124. The lowest BCUT2D eigenvalue weighted by Crippen LogP contribution is -2.47. The Morgan fingerprint density at radius 2 is 1.94 bits per heavy atom. The van der Waals surface area contributed by atoms with Crippen molar-refractivity contribution in [1.82, 2.24) is 20.3 Å². The summed E-state index contributed by atoms with van der Waals surface area (Å²) in [6.07, 6.45) is 8.04. The number of carbonyl (C=O) groups excluding carboxylic acids is 2. The van der Waals surface area contributed by atoms with E-state index >= 15 is 0 Å². The highest BCUT2D eigenvalue weighted by molar-refractivity contribution is 6.29. The molecule has 0 radical (unpaired) electrons. The van der Waals surface area contributed by atoms with Gasteiger partial charge in [-0.3, -0.25) is 14.5 Å². The number of aromatic nitrogens is 3. The SMILES string of the molecule is O=C(N[C@@H]1CCOC1)C(c1cncnc1)N(C(=O)CCl)c1ccc(-c2cnco2)cc1. The van der Waals surface area contributed by atoms with Gasteiger partial charge in [0.2, 0.25) is 11.8 Å². The predicted molar refractivity (Wildman–Crippen MR) is 112 cm³/mol. The molecule has 1 aromatic carbocycles. The largest absolute Gasteiger partial charge is 0.444 e. The summed E-state index contributed by atoms with van der Waals surface area (Å²) >= 11 is 5.92. The first-order valence-electron chi connectivity index (χ1n) is 9.67. The summed E-state index contributed by atoms with van der Waals surface area (Å²) in [5.74, 6) is -0.494. The van der Waals surface area contributed by atoms with E-state index < -0.39 is 11.9 Å². The van der Waals surface area contributed by atoms with Crippen molar-refractivity contribution in [3.8, 4) is 11.3 Å². The minimum Gasteiger partial charge on any atom is -0.444 e. The molecular weight excluding hydrogens is 422 g/mol. The van der Waals surface area contributed by atoms with Crippen LogP contribution >= 0.6 is 11.6 Å². The highest BCUT2D eigenvalue weighted by Gasteiger charge is 2.34. The van der Waals surface area contributed by atoms with Crippen molar-refractivity contribution in [2.75, 3.05) is 24.0 Å². The standard InChI is InChI=1S/C21H20ClN5O4/c22-7-19(28)27(17-3-1-14(2-4-17)18-10-25-13-31-18)20(15-8-23-12-24-9-15)21(29)26-16-5-6-30-11-16/h1-4,8-10,12-13,16,20H,5-7,11H2,(H,26,29)/t16-,20?/m1/s1. The maximum absolute atomic E-state index is 13.3. The number of ether oxygens (including phenoxy) is 1. The van der Waals surface area contributed by atoms with Crippen LogP contribution in [0.3, 0.4) is 0 Å². The van der Waals surface area contributed by atoms with Gasteiger partial charge >= 0.3 is 0 Å².